The maximum Gasteiger partial charge on any atom is 0.410 e. The zero-order valence-corrected chi connectivity index (χ0v) is 16.8. The van der Waals surface area contributed by atoms with Crippen LogP contribution in [0, 0.1) is 0 Å². The summed E-state index contributed by atoms with van der Waals surface area (Å²) in [6.07, 6.45) is -0.338. The third-order valence-electron chi connectivity index (χ3n) is 3.39. The SMILES string of the molecule is CCNC(=NCc1ccccc1OC)NCCN(C)C(=O)OC(C)(C)C. The molecule has 0 saturated heterocycles. The predicted molar refractivity (Wildman–Crippen MR) is 105 cm³/mol. The van der Waals surface area contributed by atoms with Gasteiger partial charge in [0.25, 0.3) is 0 Å². The van der Waals surface area contributed by atoms with E-state index in [-0.39, 0.29) is 6.09 Å². The Balaban J connectivity index is 2.56. The molecule has 0 unspecified atom stereocenters. The summed E-state index contributed by atoms with van der Waals surface area (Å²) in [5, 5.41) is 6.42. The lowest BCUT2D eigenvalue weighted by molar-refractivity contribution is 0.0302. The Morgan fingerprint density at radius 1 is 1.23 bits per heavy atom. The quantitative estimate of drug-likeness (QED) is 0.575. The number of carbonyl (C=O) groups excluding carboxylic acids is 1. The number of guanidine groups is 1. The minimum Gasteiger partial charge on any atom is -0.496 e. The summed E-state index contributed by atoms with van der Waals surface area (Å²) in [7, 11) is 3.37. The molecule has 0 bridgehead atoms. The second kappa shape index (κ2) is 10.5. The molecule has 146 valence electrons. The molecule has 2 N–H and O–H groups in total. The average Bonchev–Trinajstić information content (AvgIpc) is 2.58. The van der Waals surface area contributed by atoms with Gasteiger partial charge >= 0.3 is 6.09 Å². The van der Waals surface area contributed by atoms with Crippen LogP contribution in [0.15, 0.2) is 29.3 Å². The summed E-state index contributed by atoms with van der Waals surface area (Å²) in [4.78, 5) is 18.1. The van der Waals surface area contributed by atoms with Crippen molar-refractivity contribution in [2.45, 2.75) is 39.8 Å². The van der Waals surface area contributed by atoms with Gasteiger partial charge in [0.2, 0.25) is 0 Å². The smallest absolute Gasteiger partial charge is 0.410 e. The highest BCUT2D eigenvalue weighted by Gasteiger charge is 2.19. The molecule has 1 aromatic carbocycles. The van der Waals surface area contributed by atoms with Gasteiger partial charge in [-0.2, -0.15) is 0 Å². The van der Waals surface area contributed by atoms with Gasteiger partial charge in [-0.05, 0) is 33.8 Å². The third-order valence-corrected chi connectivity index (χ3v) is 3.39. The minimum atomic E-state index is -0.496. The predicted octanol–water partition coefficient (Wildman–Crippen LogP) is 2.62. The molecule has 7 nitrogen and oxygen atoms in total. The van der Waals surface area contributed by atoms with E-state index < -0.39 is 5.60 Å². The number of nitrogens with one attached hydrogen (secondary N) is 2. The maximum absolute atomic E-state index is 12.0. The Morgan fingerprint density at radius 3 is 2.54 bits per heavy atom. The van der Waals surface area contributed by atoms with E-state index in [9.17, 15) is 4.79 Å². The number of rotatable bonds is 7. The summed E-state index contributed by atoms with van der Waals surface area (Å²) in [5.74, 6) is 1.51. The highest BCUT2D eigenvalue weighted by molar-refractivity contribution is 5.79. The number of methoxy groups -OCH3 is 1. The van der Waals surface area contributed by atoms with Gasteiger partial charge < -0.3 is 25.0 Å². The molecule has 0 aromatic heterocycles. The molecule has 26 heavy (non-hydrogen) atoms. The van der Waals surface area contributed by atoms with Crippen molar-refractivity contribution in [2.24, 2.45) is 4.99 Å². The standard InChI is InChI=1S/C19H32N4O3/c1-7-20-17(22-14-15-10-8-9-11-16(15)25-6)21-12-13-23(5)18(24)26-19(2,3)4/h8-11H,7,12-14H2,1-6H3,(H2,20,21,22). The number of ether oxygens (including phenoxy) is 2. The fourth-order valence-electron chi connectivity index (χ4n) is 2.11. The van der Waals surface area contributed by atoms with Gasteiger partial charge in [0.05, 0.1) is 13.7 Å². The van der Waals surface area contributed by atoms with E-state index >= 15 is 0 Å². The van der Waals surface area contributed by atoms with E-state index in [1.54, 1.807) is 19.1 Å². The molecule has 1 aromatic rings. The first kappa shape index (κ1) is 21.6. The average molecular weight is 364 g/mol. The van der Waals surface area contributed by atoms with Gasteiger partial charge in [0, 0.05) is 32.2 Å². The van der Waals surface area contributed by atoms with Crippen molar-refractivity contribution >= 4 is 12.1 Å². The van der Waals surface area contributed by atoms with Crippen LogP contribution in [-0.4, -0.2) is 56.3 Å². The van der Waals surface area contributed by atoms with Crippen LogP contribution in [0.5, 0.6) is 5.75 Å². The maximum atomic E-state index is 12.0. The Labute approximate surface area is 156 Å². The number of amides is 1. The second-order valence-corrected chi connectivity index (χ2v) is 6.84. The molecule has 0 aliphatic rings. The van der Waals surface area contributed by atoms with E-state index in [1.807, 2.05) is 52.0 Å². The van der Waals surface area contributed by atoms with Gasteiger partial charge in [-0.25, -0.2) is 9.79 Å². The van der Waals surface area contributed by atoms with Crippen LogP contribution in [0.2, 0.25) is 0 Å². The van der Waals surface area contributed by atoms with Crippen LogP contribution in [0.1, 0.15) is 33.3 Å². The summed E-state index contributed by atoms with van der Waals surface area (Å²) >= 11 is 0. The first-order valence-electron chi connectivity index (χ1n) is 8.85. The third kappa shape index (κ3) is 8.09. The topological polar surface area (TPSA) is 75.2 Å². The van der Waals surface area contributed by atoms with E-state index in [1.165, 1.54) is 0 Å². The van der Waals surface area contributed by atoms with Crippen LogP contribution in [0.4, 0.5) is 4.79 Å². The summed E-state index contributed by atoms with van der Waals surface area (Å²) in [6.45, 7) is 9.88. The van der Waals surface area contributed by atoms with Crippen LogP contribution in [0.3, 0.4) is 0 Å². The number of nitrogens with zero attached hydrogens (tertiary/aromatic N) is 2. The summed E-state index contributed by atoms with van der Waals surface area (Å²) < 4.78 is 10.7. The van der Waals surface area contributed by atoms with Crippen molar-refractivity contribution in [2.75, 3.05) is 33.8 Å². The second-order valence-electron chi connectivity index (χ2n) is 6.84. The molecule has 0 atom stereocenters. The molecule has 0 radical (unpaired) electrons. The Bertz CT molecular complexity index is 597. The first-order chi connectivity index (χ1) is 12.3. The van der Waals surface area contributed by atoms with Crippen molar-refractivity contribution in [1.82, 2.24) is 15.5 Å². The monoisotopic (exact) mass is 364 g/mol. The fourth-order valence-corrected chi connectivity index (χ4v) is 2.11. The van der Waals surface area contributed by atoms with Crippen LogP contribution in [0.25, 0.3) is 0 Å². The molecule has 0 saturated carbocycles. The lowest BCUT2D eigenvalue weighted by Gasteiger charge is -2.24. The summed E-state index contributed by atoms with van der Waals surface area (Å²) in [6, 6.07) is 7.80. The highest BCUT2D eigenvalue weighted by atomic mass is 16.6. The van der Waals surface area contributed by atoms with E-state index in [0.717, 1.165) is 17.9 Å². The number of carbonyl (C=O) groups is 1. The lowest BCUT2D eigenvalue weighted by Crippen LogP contribution is -2.43. The first-order valence-corrected chi connectivity index (χ1v) is 8.85. The largest absolute Gasteiger partial charge is 0.496 e. The van der Waals surface area contributed by atoms with Crippen molar-refractivity contribution in [3.8, 4) is 5.75 Å². The molecular formula is C19H32N4O3. The van der Waals surface area contributed by atoms with E-state index in [0.29, 0.717) is 25.6 Å². The molecule has 7 heteroatoms. The minimum absolute atomic E-state index is 0.338. The molecule has 1 amide bonds. The fraction of sp³-hybridized carbons (Fsp3) is 0.579. The number of aliphatic imine (C=N–C) groups is 1. The van der Waals surface area contributed by atoms with Gasteiger partial charge in [0.1, 0.15) is 11.4 Å². The van der Waals surface area contributed by atoms with Crippen LogP contribution in [-0.2, 0) is 11.3 Å². The molecular weight excluding hydrogens is 332 g/mol. The van der Waals surface area contributed by atoms with Crippen molar-refractivity contribution in [3.05, 3.63) is 29.8 Å². The Hall–Kier alpha value is -2.44. The number of likely N-dealkylation sites (N-methyl/N-ethyl adjacent to an activating group) is 1. The number of para-hydroxylation sites is 1. The lowest BCUT2D eigenvalue weighted by atomic mass is 10.2. The Morgan fingerprint density at radius 2 is 1.92 bits per heavy atom. The van der Waals surface area contributed by atoms with Gasteiger partial charge in [-0.1, -0.05) is 18.2 Å². The number of benzene rings is 1. The van der Waals surface area contributed by atoms with Crippen LogP contribution < -0.4 is 15.4 Å². The molecule has 0 aliphatic heterocycles. The van der Waals surface area contributed by atoms with Crippen molar-refractivity contribution < 1.29 is 14.3 Å². The normalized spacial score (nSPS) is 11.7. The van der Waals surface area contributed by atoms with E-state index in [4.69, 9.17) is 9.47 Å². The summed E-state index contributed by atoms with van der Waals surface area (Å²) in [5.41, 5.74) is 0.516. The van der Waals surface area contributed by atoms with Crippen molar-refractivity contribution in [3.63, 3.8) is 0 Å². The van der Waals surface area contributed by atoms with Crippen molar-refractivity contribution in [1.29, 1.82) is 0 Å². The van der Waals surface area contributed by atoms with Gasteiger partial charge in [-0.3, -0.25) is 0 Å². The molecule has 1 rings (SSSR count). The number of hydrogen-bond acceptors (Lipinski definition) is 4. The zero-order chi connectivity index (χ0) is 19.6. The molecule has 0 fully saturated rings. The van der Waals surface area contributed by atoms with E-state index in [2.05, 4.69) is 15.6 Å². The number of hydrogen-bond donors (Lipinski definition) is 2. The Kier molecular flexibility index (Phi) is 8.75. The van der Waals surface area contributed by atoms with Gasteiger partial charge in [0.15, 0.2) is 5.96 Å². The molecule has 0 heterocycles. The highest BCUT2D eigenvalue weighted by Crippen LogP contribution is 2.17. The van der Waals surface area contributed by atoms with Gasteiger partial charge in [-0.15, -0.1) is 0 Å². The molecule has 0 spiro atoms. The molecule has 0 aliphatic carbocycles. The zero-order valence-electron chi connectivity index (χ0n) is 16.8. The van der Waals surface area contributed by atoms with Crippen LogP contribution >= 0.6 is 0 Å².